The Morgan fingerprint density at radius 1 is 1.29 bits per heavy atom. The number of hydrogen-bond donors (Lipinski definition) is 0. The molecule has 3 rings (SSSR count). The van der Waals surface area contributed by atoms with Gasteiger partial charge < -0.3 is 4.90 Å². The smallest absolute Gasteiger partial charge is 0.274 e. The van der Waals surface area contributed by atoms with Crippen LogP contribution < -0.4 is 0 Å². The molecule has 2 aromatic rings. The molecule has 0 unspecified atom stereocenters. The molecule has 1 aromatic heterocycles. The van der Waals surface area contributed by atoms with Gasteiger partial charge in [-0.2, -0.15) is 5.10 Å². The Hall–Kier alpha value is -1.95. The van der Waals surface area contributed by atoms with Crippen LogP contribution in [-0.4, -0.2) is 39.6 Å². The van der Waals surface area contributed by atoms with E-state index in [-0.39, 0.29) is 30.5 Å². The summed E-state index contributed by atoms with van der Waals surface area (Å²) >= 11 is 6.13. The maximum absolute atomic E-state index is 13.3. The number of carbonyl (C=O) groups excluding carboxylic acids is 1. The average molecular weight is 354 g/mol. The van der Waals surface area contributed by atoms with Crippen LogP contribution in [-0.2, 0) is 0 Å². The molecule has 0 N–H and O–H groups in total. The largest absolute Gasteiger partial charge is 0.337 e. The van der Waals surface area contributed by atoms with E-state index in [1.54, 1.807) is 36.1 Å². The molecule has 0 radical (unpaired) electrons. The van der Waals surface area contributed by atoms with Crippen LogP contribution in [0.2, 0.25) is 5.02 Å². The Morgan fingerprint density at radius 2 is 1.96 bits per heavy atom. The maximum atomic E-state index is 13.3. The lowest BCUT2D eigenvalue weighted by molar-refractivity contribution is -0.0491. The van der Waals surface area contributed by atoms with Gasteiger partial charge in [-0.15, -0.1) is 0 Å². The number of carbonyl (C=O) groups is 1. The molecule has 1 aliphatic carbocycles. The topological polar surface area (TPSA) is 38.1 Å². The standard InChI is InChI=1S/C17H18ClF2N3O/c1-22(12-6-9-17(19,20)10-7-12)16(24)14-8-11-23(21-14)15-5-3-2-4-13(15)18/h2-5,8,11-12H,6-7,9-10H2,1H3. The van der Waals surface area contributed by atoms with Gasteiger partial charge in [0.05, 0.1) is 10.7 Å². The SMILES string of the molecule is CN(C(=O)c1ccn(-c2ccccc2Cl)n1)C1CCC(F)(F)CC1. The molecule has 0 bridgehead atoms. The molecular weight excluding hydrogens is 336 g/mol. The fraction of sp³-hybridized carbons (Fsp3) is 0.412. The third kappa shape index (κ3) is 3.43. The van der Waals surface area contributed by atoms with Crippen molar-refractivity contribution in [3.8, 4) is 5.69 Å². The average Bonchev–Trinajstić information content (AvgIpc) is 3.03. The molecule has 128 valence electrons. The first-order chi connectivity index (χ1) is 11.4. The lowest BCUT2D eigenvalue weighted by Gasteiger charge is -2.34. The van der Waals surface area contributed by atoms with Crippen LogP contribution in [0.25, 0.3) is 5.69 Å². The molecule has 1 saturated carbocycles. The second-order valence-corrected chi connectivity index (χ2v) is 6.51. The predicted octanol–water partition coefficient (Wildman–Crippen LogP) is 4.18. The van der Waals surface area contributed by atoms with E-state index in [4.69, 9.17) is 11.6 Å². The van der Waals surface area contributed by atoms with E-state index in [1.165, 1.54) is 4.90 Å². The van der Waals surface area contributed by atoms with Crippen molar-refractivity contribution in [1.29, 1.82) is 0 Å². The fourth-order valence-electron chi connectivity index (χ4n) is 2.97. The summed E-state index contributed by atoms with van der Waals surface area (Å²) in [6.45, 7) is 0. The highest BCUT2D eigenvalue weighted by Crippen LogP contribution is 2.35. The number of aromatic nitrogens is 2. The van der Waals surface area contributed by atoms with Crippen molar-refractivity contribution in [2.24, 2.45) is 0 Å². The van der Waals surface area contributed by atoms with Crippen LogP contribution in [0.3, 0.4) is 0 Å². The van der Waals surface area contributed by atoms with E-state index >= 15 is 0 Å². The molecule has 7 heteroatoms. The van der Waals surface area contributed by atoms with E-state index in [0.717, 1.165) is 0 Å². The van der Waals surface area contributed by atoms with Crippen molar-refractivity contribution in [2.75, 3.05) is 7.05 Å². The molecule has 1 fully saturated rings. The summed E-state index contributed by atoms with van der Waals surface area (Å²) in [5, 5.41) is 4.81. The number of hydrogen-bond acceptors (Lipinski definition) is 2. The van der Waals surface area contributed by atoms with Gasteiger partial charge in [-0.1, -0.05) is 23.7 Å². The zero-order valence-electron chi connectivity index (χ0n) is 13.3. The van der Waals surface area contributed by atoms with Crippen molar-refractivity contribution in [3.63, 3.8) is 0 Å². The van der Waals surface area contributed by atoms with Crippen LogP contribution in [0, 0.1) is 0 Å². The van der Waals surface area contributed by atoms with Gasteiger partial charge in [0.1, 0.15) is 0 Å². The van der Waals surface area contributed by atoms with Crippen molar-refractivity contribution in [2.45, 2.75) is 37.6 Å². The molecule has 0 saturated heterocycles. The van der Waals surface area contributed by atoms with Crippen molar-refractivity contribution < 1.29 is 13.6 Å². The number of amides is 1. The minimum atomic E-state index is -2.61. The Balaban J connectivity index is 1.73. The summed E-state index contributed by atoms with van der Waals surface area (Å²) in [5.74, 6) is -2.87. The fourth-order valence-corrected chi connectivity index (χ4v) is 3.19. The Labute approximate surface area is 144 Å². The predicted molar refractivity (Wildman–Crippen MR) is 87.9 cm³/mol. The number of halogens is 3. The summed E-state index contributed by atoms with van der Waals surface area (Å²) in [6, 6.07) is 8.62. The second-order valence-electron chi connectivity index (χ2n) is 6.10. The second kappa shape index (κ2) is 6.51. The van der Waals surface area contributed by atoms with E-state index in [1.807, 2.05) is 12.1 Å². The van der Waals surface area contributed by atoms with E-state index < -0.39 is 5.92 Å². The summed E-state index contributed by atoms with van der Waals surface area (Å²) in [7, 11) is 1.64. The Morgan fingerprint density at radius 3 is 2.62 bits per heavy atom. The first kappa shape index (κ1) is 16.9. The van der Waals surface area contributed by atoms with Gasteiger partial charge in [0, 0.05) is 32.1 Å². The molecule has 0 aliphatic heterocycles. The van der Waals surface area contributed by atoms with Crippen molar-refractivity contribution in [3.05, 3.63) is 47.2 Å². The molecule has 1 aromatic carbocycles. The molecule has 1 amide bonds. The summed E-state index contributed by atoms with van der Waals surface area (Å²) < 4.78 is 28.1. The van der Waals surface area contributed by atoms with Gasteiger partial charge in [-0.3, -0.25) is 4.79 Å². The van der Waals surface area contributed by atoms with Crippen LogP contribution in [0.1, 0.15) is 36.2 Å². The zero-order valence-corrected chi connectivity index (χ0v) is 14.0. The molecule has 0 atom stereocenters. The summed E-state index contributed by atoms with van der Waals surface area (Å²) in [4.78, 5) is 14.1. The minimum Gasteiger partial charge on any atom is -0.337 e. The van der Waals surface area contributed by atoms with Crippen LogP contribution in [0.5, 0.6) is 0 Å². The highest BCUT2D eigenvalue weighted by atomic mass is 35.5. The van der Waals surface area contributed by atoms with Gasteiger partial charge in [-0.25, -0.2) is 13.5 Å². The molecule has 24 heavy (non-hydrogen) atoms. The lowest BCUT2D eigenvalue weighted by Crippen LogP contribution is -2.41. The summed E-state index contributed by atoms with van der Waals surface area (Å²) in [6.07, 6.45) is 1.92. The lowest BCUT2D eigenvalue weighted by atomic mass is 9.91. The first-order valence-electron chi connectivity index (χ1n) is 7.83. The van der Waals surface area contributed by atoms with E-state index in [9.17, 15) is 13.6 Å². The molecule has 4 nitrogen and oxygen atoms in total. The first-order valence-corrected chi connectivity index (χ1v) is 8.21. The maximum Gasteiger partial charge on any atom is 0.274 e. The van der Waals surface area contributed by atoms with Crippen LogP contribution in [0.15, 0.2) is 36.5 Å². The Kier molecular flexibility index (Phi) is 4.58. The van der Waals surface area contributed by atoms with Gasteiger partial charge in [0.2, 0.25) is 5.92 Å². The molecular formula is C17H18ClF2N3O. The number of para-hydroxylation sites is 1. The van der Waals surface area contributed by atoms with E-state index in [0.29, 0.717) is 23.6 Å². The normalized spacial score (nSPS) is 17.7. The monoisotopic (exact) mass is 353 g/mol. The Bertz CT molecular complexity index is 737. The van der Waals surface area contributed by atoms with Gasteiger partial charge in [0.15, 0.2) is 5.69 Å². The number of nitrogens with zero attached hydrogens (tertiary/aromatic N) is 3. The third-order valence-corrected chi connectivity index (χ3v) is 4.78. The third-order valence-electron chi connectivity index (χ3n) is 4.46. The molecule has 1 aliphatic rings. The van der Waals surface area contributed by atoms with Crippen LogP contribution in [0.4, 0.5) is 8.78 Å². The highest BCUT2D eigenvalue weighted by molar-refractivity contribution is 6.32. The van der Waals surface area contributed by atoms with Crippen LogP contribution >= 0.6 is 11.6 Å². The van der Waals surface area contributed by atoms with Gasteiger partial charge in [-0.05, 0) is 31.0 Å². The molecule has 1 heterocycles. The van der Waals surface area contributed by atoms with E-state index in [2.05, 4.69) is 5.10 Å². The quantitative estimate of drug-likeness (QED) is 0.830. The zero-order chi connectivity index (χ0) is 17.3. The summed E-state index contributed by atoms with van der Waals surface area (Å²) in [5.41, 5.74) is 0.952. The van der Waals surface area contributed by atoms with Gasteiger partial charge >= 0.3 is 0 Å². The number of benzene rings is 1. The highest BCUT2D eigenvalue weighted by Gasteiger charge is 2.37. The van der Waals surface area contributed by atoms with Gasteiger partial charge in [0.25, 0.3) is 5.91 Å². The number of rotatable bonds is 3. The molecule has 0 spiro atoms. The minimum absolute atomic E-state index is 0.177. The number of alkyl halides is 2. The van der Waals surface area contributed by atoms with Crippen molar-refractivity contribution in [1.82, 2.24) is 14.7 Å². The van der Waals surface area contributed by atoms with Crippen molar-refractivity contribution >= 4 is 17.5 Å².